The number of benzene rings is 3. The molecular formula is C25H18ClFN2O6. The van der Waals surface area contributed by atoms with Gasteiger partial charge in [-0.25, -0.2) is 14.1 Å². The summed E-state index contributed by atoms with van der Waals surface area (Å²) in [7, 11) is 1.38. The van der Waals surface area contributed by atoms with Crippen LogP contribution in [0.5, 0.6) is 17.2 Å². The Bertz CT molecular complexity index is 1360. The van der Waals surface area contributed by atoms with Crippen molar-refractivity contribution in [3.8, 4) is 17.2 Å². The molecule has 0 radical (unpaired) electrons. The molecule has 0 spiro atoms. The number of urea groups is 1. The lowest BCUT2D eigenvalue weighted by Gasteiger charge is -2.26. The quantitative estimate of drug-likeness (QED) is 0.386. The second-order valence-electron chi connectivity index (χ2n) is 7.39. The molecule has 3 aromatic carbocycles. The molecule has 0 saturated carbocycles. The average Bonchev–Trinajstić information content (AvgIpc) is 2.83. The van der Waals surface area contributed by atoms with Gasteiger partial charge in [0.2, 0.25) is 0 Å². The third-order valence-corrected chi connectivity index (χ3v) is 5.38. The topological polar surface area (TPSA) is 105 Å². The highest BCUT2D eigenvalue weighted by atomic mass is 35.5. The molecule has 0 atom stereocenters. The maximum atomic E-state index is 13.9. The van der Waals surface area contributed by atoms with Gasteiger partial charge in [-0.15, -0.1) is 0 Å². The summed E-state index contributed by atoms with van der Waals surface area (Å²) >= 11 is 6.37. The van der Waals surface area contributed by atoms with Crippen molar-refractivity contribution in [1.29, 1.82) is 0 Å². The van der Waals surface area contributed by atoms with Gasteiger partial charge >= 0.3 is 6.03 Å². The summed E-state index contributed by atoms with van der Waals surface area (Å²) in [6.07, 6.45) is 1.26. The summed E-state index contributed by atoms with van der Waals surface area (Å²) < 4.78 is 24.9. The van der Waals surface area contributed by atoms with Crippen LogP contribution in [0.4, 0.5) is 14.9 Å². The van der Waals surface area contributed by atoms with E-state index in [9.17, 15) is 23.9 Å². The lowest BCUT2D eigenvalue weighted by atomic mass is 10.1. The van der Waals surface area contributed by atoms with Crippen molar-refractivity contribution in [2.24, 2.45) is 0 Å². The number of carbonyl (C=O) groups excluding carboxylic acids is 3. The van der Waals surface area contributed by atoms with Crippen molar-refractivity contribution < 1.29 is 33.4 Å². The fourth-order valence-corrected chi connectivity index (χ4v) is 3.66. The van der Waals surface area contributed by atoms with Crippen LogP contribution < -0.4 is 19.7 Å². The third-order valence-electron chi connectivity index (χ3n) is 5.10. The standard InChI is InChI=1S/C25H18ClFN2O6/c1-34-21-12-14(11-19(26)22(21)35-13-15-4-2-3-5-20(15)27)10-18-23(31)28-25(33)29(24(18)32)16-6-8-17(30)9-7-16/h2-12,30H,13H2,1H3,(H,28,31,33). The minimum absolute atomic E-state index is 0.0514. The first-order chi connectivity index (χ1) is 16.8. The Morgan fingerprint density at radius 2 is 1.80 bits per heavy atom. The molecule has 0 aromatic heterocycles. The number of barbiturate groups is 1. The Kier molecular flexibility index (Phi) is 6.70. The molecule has 4 amide bonds. The van der Waals surface area contributed by atoms with E-state index in [0.29, 0.717) is 11.1 Å². The third kappa shape index (κ3) is 4.95. The molecule has 4 rings (SSSR count). The second-order valence-corrected chi connectivity index (χ2v) is 7.80. The molecule has 10 heteroatoms. The zero-order chi connectivity index (χ0) is 25.1. The molecule has 0 unspecified atom stereocenters. The minimum Gasteiger partial charge on any atom is -0.508 e. The summed E-state index contributed by atoms with van der Waals surface area (Å²) in [6.45, 7) is -0.103. The largest absolute Gasteiger partial charge is 0.508 e. The summed E-state index contributed by atoms with van der Waals surface area (Å²) in [5.41, 5.74) is 0.482. The maximum absolute atomic E-state index is 13.9. The molecule has 0 bridgehead atoms. The van der Waals surface area contributed by atoms with Gasteiger partial charge in [0.05, 0.1) is 17.8 Å². The van der Waals surface area contributed by atoms with Gasteiger partial charge in [0.25, 0.3) is 11.8 Å². The number of anilines is 1. The minimum atomic E-state index is -0.921. The van der Waals surface area contributed by atoms with Crippen molar-refractivity contribution in [3.63, 3.8) is 0 Å². The van der Waals surface area contributed by atoms with E-state index in [1.165, 1.54) is 55.7 Å². The Labute approximate surface area is 204 Å². The number of halogens is 2. The molecule has 178 valence electrons. The predicted molar refractivity (Wildman–Crippen MR) is 126 cm³/mol. The number of phenolic OH excluding ortho intramolecular Hbond substituents is 1. The number of ether oxygens (including phenoxy) is 2. The van der Waals surface area contributed by atoms with Crippen LogP contribution in [-0.2, 0) is 16.2 Å². The molecule has 1 aliphatic heterocycles. The van der Waals surface area contributed by atoms with Gasteiger partial charge in [-0.2, -0.15) is 0 Å². The van der Waals surface area contributed by atoms with Crippen LogP contribution in [0.1, 0.15) is 11.1 Å². The van der Waals surface area contributed by atoms with Gasteiger partial charge in [0, 0.05) is 5.56 Å². The lowest BCUT2D eigenvalue weighted by Crippen LogP contribution is -2.54. The number of amides is 4. The SMILES string of the molecule is COc1cc(C=C2C(=O)NC(=O)N(c3ccc(O)cc3)C2=O)cc(Cl)c1OCc1ccccc1F. The molecular weight excluding hydrogens is 479 g/mol. The first-order valence-corrected chi connectivity index (χ1v) is 10.6. The molecule has 35 heavy (non-hydrogen) atoms. The summed E-state index contributed by atoms with van der Waals surface area (Å²) in [5.74, 6) is -1.89. The molecule has 8 nitrogen and oxygen atoms in total. The number of imide groups is 2. The number of nitrogens with zero attached hydrogens (tertiary/aromatic N) is 1. The number of carbonyl (C=O) groups is 3. The number of nitrogens with one attached hydrogen (secondary N) is 1. The van der Waals surface area contributed by atoms with E-state index >= 15 is 0 Å². The van der Waals surface area contributed by atoms with Crippen LogP contribution in [0.3, 0.4) is 0 Å². The molecule has 3 aromatic rings. The molecule has 2 N–H and O–H groups in total. The molecule has 1 heterocycles. The van der Waals surface area contributed by atoms with Gasteiger partial charge < -0.3 is 14.6 Å². The van der Waals surface area contributed by atoms with Crippen molar-refractivity contribution in [3.05, 3.63) is 88.2 Å². The van der Waals surface area contributed by atoms with E-state index in [4.69, 9.17) is 21.1 Å². The average molecular weight is 497 g/mol. The summed E-state index contributed by atoms with van der Waals surface area (Å²) in [6, 6.07) is 13.5. The first kappa shape index (κ1) is 23.8. The second kappa shape index (κ2) is 9.86. The van der Waals surface area contributed by atoms with Crippen molar-refractivity contribution >= 4 is 41.2 Å². The zero-order valence-corrected chi connectivity index (χ0v) is 19.0. The lowest BCUT2D eigenvalue weighted by molar-refractivity contribution is -0.122. The van der Waals surface area contributed by atoms with Crippen LogP contribution in [0, 0.1) is 5.82 Å². The van der Waals surface area contributed by atoms with Gasteiger partial charge in [0.15, 0.2) is 11.5 Å². The Morgan fingerprint density at radius 3 is 2.49 bits per heavy atom. The van der Waals surface area contributed by atoms with E-state index < -0.39 is 23.7 Å². The highest BCUT2D eigenvalue weighted by Gasteiger charge is 2.36. The van der Waals surface area contributed by atoms with E-state index in [0.717, 1.165) is 4.90 Å². The van der Waals surface area contributed by atoms with E-state index in [1.807, 2.05) is 0 Å². The molecule has 0 aliphatic carbocycles. The van der Waals surface area contributed by atoms with Crippen molar-refractivity contribution in [1.82, 2.24) is 5.32 Å². The van der Waals surface area contributed by atoms with E-state index in [-0.39, 0.29) is 40.1 Å². The molecule has 1 aliphatic rings. The van der Waals surface area contributed by atoms with Crippen molar-refractivity contribution in [2.75, 3.05) is 12.0 Å². The van der Waals surface area contributed by atoms with E-state index in [1.54, 1.807) is 18.2 Å². The summed E-state index contributed by atoms with van der Waals surface area (Å²) in [5, 5.41) is 11.7. The van der Waals surface area contributed by atoms with Gasteiger partial charge in [-0.1, -0.05) is 29.8 Å². The van der Waals surface area contributed by atoms with Gasteiger partial charge in [0.1, 0.15) is 23.7 Å². The maximum Gasteiger partial charge on any atom is 0.335 e. The fourth-order valence-electron chi connectivity index (χ4n) is 3.39. The molecule has 1 saturated heterocycles. The van der Waals surface area contributed by atoms with Gasteiger partial charge in [-0.3, -0.25) is 14.9 Å². The monoisotopic (exact) mass is 496 g/mol. The Hall–Kier alpha value is -4.37. The summed E-state index contributed by atoms with van der Waals surface area (Å²) in [4.78, 5) is 38.5. The Morgan fingerprint density at radius 1 is 1.09 bits per heavy atom. The normalized spacial score (nSPS) is 14.8. The Balaban J connectivity index is 1.64. The number of hydrogen-bond acceptors (Lipinski definition) is 6. The van der Waals surface area contributed by atoms with Crippen LogP contribution >= 0.6 is 11.6 Å². The number of methoxy groups -OCH3 is 1. The number of rotatable bonds is 6. The number of aromatic hydroxyl groups is 1. The van der Waals surface area contributed by atoms with Crippen molar-refractivity contribution in [2.45, 2.75) is 6.61 Å². The first-order valence-electron chi connectivity index (χ1n) is 10.2. The van der Waals surface area contributed by atoms with Crippen LogP contribution in [0.2, 0.25) is 5.02 Å². The highest BCUT2D eigenvalue weighted by Crippen LogP contribution is 2.38. The fraction of sp³-hybridized carbons (Fsp3) is 0.0800. The van der Waals surface area contributed by atoms with Crippen LogP contribution in [0.15, 0.2) is 66.2 Å². The predicted octanol–water partition coefficient (Wildman–Crippen LogP) is 4.44. The number of hydrogen-bond donors (Lipinski definition) is 2. The highest BCUT2D eigenvalue weighted by molar-refractivity contribution is 6.39. The van der Waals surface area contributed by atoms with Crippen LogP contribution in [-0.4, -0.2) is 30.1 Å². The van der Waals surface area contributed by atoms with E-state index in [2.05, 4.69) is 5.32 Å². The number of phenols is 1. The van der Waals surface area contributed by atoms with Gasteiger partial charge in [-0.05, 0) is 54.1 Å². The smallest absolute Gasteiger partial charge is 0.335 e. The van der Waals surface area contributed by atoms with Crippen LogP contribution in [0.25, 0.3) is 6.08 Å². The molecule has 1 fully saturated rings. The zero-order valence-electron chi connectivity index (χ0n) is 18.2.